The SMILES string of the molecule is CC(O)CN(C)CCCCCCCC(=O)O. The van der Waals surface area contributed by atoms with Crippen LogP contribution in [0.4, 0.5) is 0 Å². The number of hydrogen-bond donors (Lipinski definition) is 2. The van der Waals surface area contributed by atoms with Crippen molar-refractivity contribution in [3.63, 3.8) is 0 Å². The van der Waals surface area contributed by atoms with E-state index in [4.69, 9.17) is 10.2 Å². The number of aliphatic hydroxyl groups excluding tert-OH is 1. The lowest BCUT2D eigenvalue weighted by molar-refractivity contribution is -0.137. The summed E-state index contributed by atoms with van der Waals surface area (Å²) < 4.78 is 0. The first-order valence-corrected chi connectivity index (χ1v) is 6.10. The van der Waals surface area contributed by atoms with Gasteiger partial charge in [-0.05, 0) is 33.4 Å². The van der Waals surface area contributed by atoms with Crippen LogP contribution < -0.4 is 0 Å². The first-order chi connectivity index (χ1) is 7.52. The van der Waals surface area contributed by atoms with E-state index in [1.165, 1.54) is 0 Å². The van der Waals surface area contributed by atoms with Crippen LogP contribution in [0.15, 0.2) is 0 Å². The van der Waals surface area contributed by atoms with Crippen molar-refractivity contribution in [3.8, 4) is 0 Å². The Morgan fingerprint density at radius 2 is 1.75 bits per heavy atom. The maximum atomic E-state index is 10.2. The maximum Gasteiger partial charge on any atom is 0.303 e. The number of rotatable bonds is 10. The highest BCUT2D eigenvalue weighted by Gasteiger charge is 2.02. The van der Waals surface area contributed by atoms with Gasteiger partial charge in [-0.2, -0.15) is 0 Å². The van der Waals surface area contributed by atoms with E-state index in [0.29, 0.717) is 6.42 Å². The Balaban J connectivity index is 3.17. The molecule has 4 heteroatoms. The zero-order chi connectivity index (χ0) is 12.4. The molecule has 0 aromatic rings. The van der Waals surface area contributed by atoms with E-state index in [2.05, 4.69) is 4.90 Å². The highest BCUT2D eigenvalue weighted by molar-refractivity contribution is 5.66. The van der Waals surface area contributed by atoms with Crippen LogP contribution in [0.2, 0.25) is 0 Å². The molecule has 0 saturated carbocycles. The molecule has 0 aliphatic heterocycles. The summed E-state index contributed by atoms with van der Waals surface area (Å²) >= 11 is 0. The number of hydrogen-bond acceptors (Lipinski definition) is 3. The van der Waals surface area contributed by atoms with E-state index in [9.17, 15) is 4.79 Å². The average molecular weight is 231 g/mol. The molecule has 0 saturated heterocycles. The van der Waals surface area contributed by atoms with Crippen molar-refractivity contribution in [1.82, 2.24) is 4.90 Å². The van der Waals surface area contributed by atoms with Crippen LogP contribution >= 0.6 is 0 Å². The molecule has 2 N–H and O–H groups in total. The maximum absolute atomic E-state index is 10.2. The van der Waals surface area contributed by atoms with E-state index >= 15 is 0 Å². The predicted octanol–water partition coefficient (Wildman–Crippen LogP) is 1.72. The highest BCUT2D eigenvalue weighted by Crippen LogP contribution is 2.06. The number of carboxylic acid groups (broad SMARTS) is 1. The lowest BCUT2D eigenvalue weighted by Crippen LogP contribution is -2.28. The molecule has 0 heterocycles. The third-order valence-corrected chi connectivity index (χ3v) is 2.51. The van der Waals surface area contributed by atoms with Crippen LogP contribution in [0.25, 0.3) is 0 Å². The van der Waals surface area contributed by atoms with Gasteiger partial charge < -0.3 is 15.1 Å². The fraction of sp³-hybridized carbons (Fsp3) is 0.917. The smallest absolute Gasteiger partial charge is 0.303 e. The molecule has 0 radical (unpaired) electrons. The van der Waals surface area contributed by atoms with Gasteiger partial charge in [-0.1, -0.05) is 19.3 Å². The predicted molar refractivity (Wildman–Crippen MR) is 64.5 cm³/mol. The van der Waals surface area contributed by atoms with E-state index in [1.807, 2.05) is 7.05 Å². The normalized spacial score (nSPS) is 13.0. The van der Waals surface area contributed by atoms with Gasteiger partial charge in [-0.3, -0.25) is 4.79 Å². The quantitative estimate of drug-likeness (QED) is 0.562. The summed E-state index contributed by atoms with van der Waals surface area (Å²) in [4.78, 5) is 12.4. The molecule has 0 amide bonds. The number of carboxylic acids is 1. The minimum absolute atomic E-state index is 0.263. The Morgan fingerprint density at radius 3 is 2.31 bits per heavy atom. The van der Waals surface area contributed by atoms with Gasteiger partial charge >= 0.3 is 5.97 Å². The molecule has 1 atom stereocenters. The molecule has 0 aliphatic carbocycles. The van der Waals surface area contributed by atoms with Gasteiger partial charge in [0.2, 0.25) is 0 Å². The summed E-state index contributed by atoms with van der Waals surface area (Å²) in [5, 5.41) is 17.6. The lowest BCUT2D eigenvalue weighted by atomic mass is 10.1. The van der Waals surface area contributed by atoms with Crippen molar-refractivity contribution in [2.75, 3.05) is 20.1 Å². The molecular formula is C12H25NO3. The molecule has 0 fully saturated rings. The van der Waals surface area contributed by atoms with Crippen LogP contribution in [0.5, 0.6) is 0 Å². The molecule has 0 rings (SSSR count). The van der Waals surface area contributed by atoms with Crippen LogP contribution in [-0.4, -0.2) is 47.3 Å². The zero-order valence-corrected chi connectivity index (χ0v) is 10.5. The van der Waals surface area contributed by atoms with Crippen molar-refractivity contribution in [1.29, 1.82) is 0 Å². The fourth-order valence-electron chi connectivity index (χ4n) is 1.73. The zero-order valence-electron chi connectivity index (χ0n) is 10.5. The number of aliphatic hydroxyl groups is 1. The summed E-state index contributed by atoms with van der Waals surface area (Å²) in [5.74, 6) is -0.698. The van der Waals surface area contributed by atoms with Crippen molar-refractivity contribution in [3.05, 3.63) is 0 Å². The Hall–Kier alpha value is -0.610. The summed E-state index contributed by atoms with van der Waals surface area (Å²) in [6, 6.07) is 0. The Kier molecular flexibility index (Phi) is 9.24. The molecule has 0 bridgehead atoms. The Morgan fingerprint density at radius 1 is 1.19 bits per heavy atom. The van der Waals surface area contributed by atoms with E-state index in [1.54, 1.807) is 6.92 Å². The minimum Gasteiger partial charge on any atom is -0.481 e. The standard InChI is InChI=1S/C12H25NO3/c1-11(14)10-13(2)9-7-5-3-4-6-8-12(15)16/h11,14H,3-10H2,1-2H3,(H,15,16). The Labute approximate surface area is 98.3 Å². The van der Waals surface area contributed by atoms with Crippen molar-refractivity contribution in [2.45, 2.75) is 51.6 Å². The molecule has 0 spiro atoms. The Bertz CT molecular complexity index is 183. The van der Waals surface area contributed by atoms with Crippen LogP contribution in [0.3, 0.4) is 0 Å². The van der Waals surface area contributed by atoms with E-state index in [0.717, 1.165) is 45.2 Å². The number of nitrogens with zero attached hydrogens (tertiary/aromatic N) is 1. The van der Waals surface area contributed by atoms with Gasteiger partial charge in [-0.15, -0.1) is 0 Å². The van der Waals surface area contributed by atoms with Gasteiger partial charge in [-0.25, -0.2) is 0 Å². The number of aliphatic carboxylic acids is 1. The van der Waals surface area contributed by atoms with Gasteiger partial charge in [0.05, 0.1) is 6.10 Å². The van der Waals surface area contributed by atoms with Crippen molar-refractivity contribution in [2.24, 2.45) is 0 Å². The second-order valence-corrected chi connectivity index (χ2v) is 4.52. The van der Waals surface area contributed by atoms with E-state index < -0.39 is 5.97 Å². The van der Waals surface area contributed by atoms with Gasteiger partial charge in [0.25, 0.3) is 0 Å². The number of unbranched alkanes of at least 4 members (excludes halogenated alkanes) is 4. The number of likely N-dealkylation sites (N-methyl/N-ethyl adjacent to an activating group) is 1. The molecule has 4 nitrogen and oxygen atoms in total. The number of carbonyl (C=O) groups is 1. The third kappa shape index (κ3) is 11.5. The van der Waals surface area contributed by atoms with Crippen LogP contribution in [0, 0.1) is 0 Å². The van der Waals surface area contributed by atoms with Gasteiger partial charge in [0.1, 0.15) is 0 Å². The first kappa shape index (κ1) is 15.4. The molecule has 16 heavy (non-hydrogen) atoms. The molecule has 0 aliphatic rings. The third-order valence-electron chi connectivity index (χ3n) is 2.51. The van der Waals surface area contributed by atoms with Crippen LogP contribution in [0.1, 0.15) is 45.4 Å². The molecule has 96 valence electrons. The fourth-order valence-corrected chi connectivity index (χ4v) is 1.73. The first-order valence-electron chi connectivity index (χ1n) is 6.10. The largest absolute Gasteiger partial charge is 0.481 e. The summed E-state index contributed by atoms with van der Waals surface area (Å²) in [6.45, 7) is 3.52. The van der Waals surface area contributed by atoms with Gasteiger partial charge in [0.15, 0.2) is 0 Å². The second kappa shape index (κ2) is 9.60. The lowest BCUT2D eigenvalue weighted by Gasteiger charge is -2.17. The van der Waals surface area contributed by atoms with Crippen LogP contribution in [-0.2, 0) is 4.79 Å². The monoisotopic (exact) mass is 231 g/mol. The summed E-state index contributed by atoms with van der Waals surface area (Å²) in [7, 11) is 2.01. The average Bonchev–Trinajstić information content (AvgIpc) is 2.14. The molecule has 0 aromatic carbocycles. The topological polar surface area (TPSA) is 60.8 Å². The van der Waals surface area contributed by atoms with Crippen molar-refractivity contribution >= 4 is 5.97 Å². The van der Waals surface area contributed by atoms with Gasteiger partial charge in [0, 0.05) is 13.0 Å². The summed E-state index contributed by atoms with van der Waals surface area (Å²) in [5.41, 5.74) is 0. The van der Waals surface area contributed by atoms with E-state index in [-0.39, 0.29) is 6.10 Å². The molecular weight excluding hydrogens is 206 g/mol. The molecule has 0 aromatic heterocycles. The highest BCUT2D eigenvalue weighted by atomic mass is 16.4. The minimum atomic E-state index is -0.698. The summed E-state index contributed by atoms with van der Waals surface area (Å²) in [6.07, 6.45) is 5.20. The molecule has 1 unspecified atom stereocenters. The second-order valence-electron chi connectivity index (χ2n) is 4.52. The van der Waals surface area contributed by atoms with Crippen molar-refractivity contribution < 1.29 is 15.0 Å².